The first kappa shape index (κ1) is 38.1. The number of rotatable bonds is 7. The van der Waals surface area contributed by atoms with Gasteiger partial charge in [-0.25, -0.2) is 0 Å². The smallest absolute Gasteiger partial charge is 0.0568 e. The topological polar surface area (TPSA) is 11.4 Å². The van der Waals surface area contributed by atoms with E-state index in [-0.39, 0.29) is 10.8 Å². The largest absolute Gasteiger partial charge is 0.310 e. The van der Waals surface area contributed by atoms with E-state index in [9.17, 15) is 0 Å². The zero-order chi connectivity index (χ0) is 41.9. The first-order valence-electron chi connectivity index (χ1n) is 21.4. The first-order chi connectivity index (χ1) is 29.6. The second-order valence-electron chi connectivity index (χ2n) is 18.3. The maximum Gasteiger partial charge on any atom is 0.0568 e. The summed E-state index contributed by atoms with van der Waals surface area (Å²) < 4.78 is 2.49. The molecule has 10 rings (SSSR count). The summed E-state index contributed by atoms with van der Waals surface area (Å²) in [5, 5.41) is 7.33. The Morgan fingerprint density at radius 2 is 0.639 bits per heavy atom. The summed E-state index contributed by atoms with van der Waals surface area (Å²) in [5.74, 6) is 0. The fraction of sp³-hybridized carbons (Fsp3) is 0.138. The maximum absolute atomic E-state index is 2.49. The zero-order valence-electron chi connectivity index (χ0n) is 35.9. The first-order valence-corrected chi connectivity index (χ1v) is 21.4. The van der Waals surface area contributed by atoms with Crippen LogP contribution >= 0.6 is 0 Å². The predicted octanol–water partition coefficient (Wildman–Crippen LogP) is 16.6. The number of anilines is 6. The number of nitrogens with zero attached hydrogens (tertiary/aromatic N) is 3. The Morgan fingerprint density at radius 3 is 1.00 bits per heavy atom. The van der Waals surface area contributed by atoms with Gasteiger partial charge in [-0.3, -0.25) is 0 Å². The average molecular weight is 790 g/mol. The van der Waals surface area contributed by atoms with Gasteiger partial charge in [0, 0.05) is 50.0 Å². The van der Waals surface area contributed by atoms with Crippen LogP contribution in [0.25, 0.3) is 49.0 Å². The molecule has 0 saturated heterocycles. The van der Waals surface area contributed by atoms with Crippen LogP contribution in [0.4, 0.5) is 34.1 Å². The van der Waals surface area contributed by atoms with E-state index in [0.717, 1.165) is 50.8 Å². The second kappa shape index (κ2) is 14.9. The Hall–Kier alpha value is -7.10. The lowest BCUT2D eigenvalue weighted by atomic mass is 9.87. The summed E-state index contributed by atoms with van der Waals surface area (Å²) in [6, 6.07) is 73.6. The molecule has 3 nitrogen and oxygen atoms in total. The Balaban J connectivity index is 1.33. The van der Waals surface area contributed by atoms with Crippen LogP contribution in [0.1, 0.15) is 52.7 Å². The van der Waals surface area contributed by atoms with Gasteiger partial charge in [-0.05, 0) is 106 Å². The number of para-hydroxylation sites is 3. The highest BCUT2D eigenvalue weighted by Gasteiger charge is 2.26. The van der Waals surface area contributed by atoms with E-state index in [1.165, 1.54) is 43.4 Å². The van der Waals surface area contributed by atoms with Gasteiger partial charge >= 0.3 is 0 Å². The second-order valence-corrected chi connectivity index (χ2v) is 18.3. The molecule has 9 aromatic carbocycles. The summed E-state index contributed by atoms with van der Waals surface area (Å²) in [4.78, 5) is 4.87. The third-order valence-corrected chi connectivity index (χ3v) is 12.2. The van der Waals surface area contributed by atoms with Crippen molar-refractivity contribution in [2.45, 2.75) is 52.4 Å². The molecule has 0 amide bonds. The summed E-state index contributed by atoms with van der Waals surface area (Å²) in [6.07, 6.45) is 0. The molecule has 298 valence electrons. The molecule has 0 unspecified atom stereocenters. The Kier molecular flexibility index (Phi) is 9.29. The van der Waals surface area contributed by atoms with E-state index in [4.69, 9.17) is 0 Å². The molecular formula is C58H51N3. The van der Waals surface area contributed by atoms with Crippen LogP contribution in [-0.2, 0) is 10.8 Å². The van der Waals surface area contributed by atoms with E-state index < -0.39 is 0 Å². The van der Waals surface area contributed by atoms with Gasteiger partial charge in [-0.15, -0.1) is 0 Å². The van der Waals surface area contributed by atoms with Gasteiger partial charge < -0.3 is 14.4 Å². The van der Waals surface area contributed by atoms with E-state index in [1.54, 1.807) is 0 Å². The molecular weight excluding hydrogens is 739 g/mol. The van der Waals surface area contributed by atoms with Crippen LogP contribution in [-0.4, -0.2) is 4.57 Å². The third kappa shape index (κ3) is 6.71. The van der Waals surface area contributed by atoms with Crippen molar-refractivity contribution in [1.29, 1.82) is 0 Å². The third-order valence-electron chi connectivity index (χ3n) is 12.2. The molecule has 1 aromatic heterocycles. The van der Waals surface area contributed by atoms with Crippen molar-refractivity contribution in [2.24, 2.45) is 0 Å². The van der Waals surface area contributed by atoms with E-state index in [1.807, 2.05) is 0 Å². The molecule has 0 N–H and O–H groups in total. The summed E-state index contributed by atoms with van der Waals surface area (Å²) >= 11 is 0. The molecule has 10 aromatic rings. The number of fused-ring (bicyclic) bond motifs is 7. The molecule has 0 radical (unpaired) electrons. The number of hydrogen-bond acceptors (Lipinski definition) is 2. The van der Waals surface area contributed by atoms with Gasteiger partial charge in [0.2, 0.25) is 0 Å². The molecule has 0 atom stereocenters. The number of hydrogen-bond donors (Lipinski definition) is 0. The molecule has 0 spiro atoms. The van der Waals surface area contributed by atoms with Crippen molar-refractivity contribution < 1.29 is 0 Å². The molecule has 3 heteroatoms. The van der Waals surface area contributed by atoms with Gasteiger partial charge in [0.1, 0.15) is 0 Å². The van der Waals surface area contributed by atoms with E-state index in [2.05, 4.69) is 256 Å². The molecule has 0 saturated carbocycles. The number of benzene rings is 9. The zero-order valence-corrected chi connectivity index (χ0v) is 35.9. The summed E-state index contributed by atoms with van der Waals surface area (Å²) in [6.45, 7) is 13.7. The number of aromatic nitrogens is 1. The van der Waals surface area contributed by atoms with E-state index in [0.29, 0.717) is 0 Å². The molecule has 0 aliphatic rings. The van der Waals surface area contributed by atoms with Crippen LogP contribution in [0.5, 0.6) is 0 Å². The van der Waals surface area contributed by atoms with Crippen molar-refractivity contribution in [3.63, 3.8) is 0 Å². The van der Waals surface area contributed by atoms with E-state index >= 15 is 0 Å². The van der Waals surface area contributed by atoms with Crippen LogP contribution < -0.4 is 9.80 Å². The van der Waals surface area contributed by atoms with Gasteiger partial charge in [0.05, 0.1) is 22.4 Å². The fourth-order valence-electron chi connectivity index (χ4n) is 9.15. The van der Waals surface area contributed by atoms with Crippen LogP contribution in [0.3, 0.4) is 0 Å². The predicted molar refractivity (Wildman–Crippen MR) is 263 cm³/mol. The lowest BCUT2D eigenvalue weighted by Gasteiger charge is -2.28. The van der Waals surface area contributed by atoms with Crippen molar-refractivity contribution in [1.82, 2.24) is 4.57 Å². The highest BCUT2D eigenvalue weighted by Crippen LogP contribution is 2.50. The van der Waals surface area contributed by atoms with Crippen molar-refractivity contribution >= 4 is 77.5 Å². The van der Waals surface area contributed by atoms with Crippen LogP contribution in [0, 0.1) is 0 Å². The average Bonchev–Trinajstić information content (AvgIpc) is 3.62. The Morgan fingerprint density at radius 1 is 0.328 bits per heavy atom. The van der Waals surface area contributed by atoms with Crippen LogP contribution in [0.15, 0.2) is 200 Å². The minimum Gasteiger partial charge on any atom is -0.310 e. The Bertz CT molecular complexity index is 2970. The van der Waals surface area contributed by atoms with Crippen molar-refractivity contribution in [3.05, 3.63) is 211 Å². The highest BCUT2D eigenvalue weighted by molar-refractivity contribution is 6.32. The lowest BCUT2D eigenvalue weighted by Crippen LogP contribution is -2.13. The Labute approximate surface area is 359 Å². The minimum absolute atomic E-state index is 0.0476. The van der Waals surface area contributed by atoms with Gasteiger partial charge in [0.15, 0.2) is 0 Å². The highest BCUT2D eigenvalue weighted by atomic mass is 15.2. The molecule has 0 bridgehead atoms. The summed E-state index contributed by atoms with van der Waals surface area (Å²) in [7, 11) is 0. The minimum atomic E-state index is 0.0476. The molecule has 61 heavy (non-hydrogen) atoms. The van der Waals surface area contributed by atoms with Crippen LogP contribution in [0.2, 0.25) is 0 Å². The SMILES string of the molecule is CC(C)(C)c1ccc(N(c2ccccc2)c2cc3c(c4ccccc24)c2c4ccccc4c(N(c4ccccc4)c4ccc(C(C)(C)C)cc4)cc2n3-c2ccccc2)cc1. The standard InChI is InChI=1S/C58H51N3/c1-57(2,3)40-30-34-45(35-31-40)59(42-20-10-7-11-21-42)51-38-53-55(49-28-18-16-26-47(49)51)56-50-29-19-17-27-48(50)52(39-54(56)61(53)44-24-14-9-15-25-44)60(43-22-12-8-13-23-43)46-36-32-41(33-37-46)58(4,5)6/h7-39H,1-6H3. The molecule has 0 fully saturated rings. The van der Waals surface area contributed by atoms with Crippen molar-refractivity contribution in [2.75, 3.05) is 9.80 Å². The van der Waals surface area contributed by atoms with Gasteiger partial charge in [0.25, 0.3) is 0 Å². The molecule has 1 heterocycles. The maximum atomic E-state index is 2.49. The molecule has 0 aliphatic carbocycles. The quantitative estimate of drug-likeness (QED) is 0.159. The summed E-state index contributed by atoms with van der Waals surface area (Å²) in [5.41, 5.74) is 12.9. The lowest BCUT2D eigenvalue weighted by molar-refractivity contribution is 0.590. The van der Waals surface area contributed by atoms with Gasteiger partial charge in [-0.1, -0.05) is 169 Å². The molecule has 0 aliphatic heterocycles. The fourth-order valence-corrected chi connectivity index (χ4v) is 9.15. The van der Waals surface area contributed by atoms with Crippen molar-refractivity contribution in [3.8, 4) is 5.69 Å². The van der Waals surface area contributed by atoms with Gasteiger partial charge in [-0.2, -0.15) is 0 Å². The normalized spacial score (nSPS) is 12.1. The monoisotopic (exact) mass is 789 g/mol.